The maximum absolute atomic E-state index is 13.4. The minimum atomic E-state index is -0.385. The van der Waals surface area contributed by atoms with Gasteiger partial charge < -0.3 is 11.1 Å². The Hall–Kier alpha value is -1.69. The molecule has 0 unspecified atom stereocenters. The SMILES string of the molecule is Nc1c(C(=O)NC2CC2)ncc2c(Br)c(F)ccc12. The largest absolute Gasteiger partial charge is 0.396 e. The number of hydrogen-bond donors (Lipinski definition) is 2. The van der Waals surface area contributed by atoms with E-state index in [0.29, 0.717) is 15.2 Å². The van der Waals surface area contributed by atoms with E-state index in [0.717, 1.165) is 12.8 Å². The number of amides is 1. The predicted octanol–water partition coefficient (Wildman–Crippen LogP) is 2.61. The summed E-state index contributed by atoms with van der Waals surface area (Å²) in [5, 5.41) is 4.01. The lowest BCUT2D eigenvalue weighted by molar-refractivity contribution is 0.0947. The van der Waals surface area contributed by atoms with Crippen LogP contribution in [0.15, 0.2) is 22.8 Å². The zero-order valence-corrected chi connectivity index (χ0v) is 11.5. The Morgan fingerprint density at radius 1 is 1.42 bits per heavy atom. The number of hydrogen-bond acceptors (Lipinski definition) is 3. The molecule has 0 radical (unpaired) electrons. The van der Waals surface area contributed by atoms with Crippen LogP contribution in [0.3, 0.4) is 0 Å². The van der Waals surface area contributed by atoms with Crippen LogP contribution in [0.1, 0.15) is 23.3 Å². The van der Waals surface area contributed by atoms with Crippen molar-refractivity contribution in [3.63, 3.8) is 0 Å². The van der Waals surface area contributed by atoms with Crippen molar-refractivity contribution in [1.82, 2.24) is 10.3 Å². The van der Waals surface area contributed by atoms with Crippen LogP contribution in [0.4, 0.5) is 10.1 Å². The molecule has 19 heavy (non-hydrogen) atoms. The van der Waals surface area contributed by atoms with Gasteiger partial charge in [0.25, 0.3) is 5.91 Å². The number of nitrogens with one attached hydrogen (secondary N) is 1. The van der Waals surface area contributed by atoms with Crippen LogP contribution in [0.25, 0.3) is 10.8 Å². The van der Waals surface area contributed by atoms with E-state index in [1.54, 1.807) is 6.07 Å². The molecule has 0 aliphatic heterocycles. The van der Waals surface area contributed by atoms with Gasteiger partial charge in [-0.2, -0.15) is 0 Å². The summed E-state index contributed by atoms with van der Waals surface area (Å²) in [5.41, 5.74) is 6.44. The molecule has 1 heterocycles. The summed E-state index contributed by atoms with van der Waals surface area (Å²) < 4.78 is 13.7. The number of fused-ring (bicyclic) bond motifs is 1. The summed E-state index contributed by atoms with van der Waals surface area (Å²) in [6.07, 6.45) is 3.45. The second kappa shape index (κ2) is 4.45. The van der Waals surface area contributed by atoms with Crippen molar-refractivity contribution >= 4 is 38.3 Å². The first-order valence-corrected chi connectivity index (χ1v) is 6.70. The quantitative estimate of drug-likeness (QED) is 0.892. The maximum atomic E-state index is 13.4. The van der Waals surface area contributed by atoms with Gasteiger partial charge >= 0.3 is 0 Å². The number of halogens is 2. The number of nitrogens with two attached hydrogens (primary N) is 1. The first kappa shape index (κ1) is 12.3. The summed E-state index contributed by atoms with van der Waals surface area (Å²) in [4.78, 5) is 16.0. The predicted molar refractivity (Wildman–Crippen MR) is 74.3 cm³/mol. The van der Waals surface area contributed by atoms with Gasteiger partial charge in [-0.1, -0.05) is 0 Å². The number of rotatable bonds is 2. The molecule has 1 aromatic heterocycles. The lowest BCUT2D eigenvalue weighted by Crippen LogP contribution is -2.27. The zero-order chi connectivity index (χ0) is 13.6. The molecule has 3 N–H and O–H groups in total. The average molecular weight is 324 g/mol. The van der Waals surface area contributed by atoms with E-state index in [2.05, 4.69) is 26.2 Å². The van der Waals surface area contributed by atoms with Crippen molar-refractivity contribution in [2.75, 3.05) is 5.73 Å². The Kier molecular flexibility index (Phi) is 2.89. The van der Waals surface area contributed by atoms with Crippen molar-refractivity contribution in [3.05, 3.63) is 34.3 Å². The second-order valence-electron chi connectivity index (χ2n) is 4.59. The molecule has 0 bridgehead atoms. The number of nitrogens with zero attached hydrogens (tertiary/aromatic N) is 1. The van der Waals surface area contributed by atoms with E-state index in [9.17, 15) is 9.18 Å². The van der Waals surface area contributed by atoms with E-state index < -0.39 is 0 Å². The second-order valence-corrected chi connectivity index (χ2v) is 5.38. The molecule has 1 aliphatic carbocycles. The Morgan fingerprint density at radius 3 is 2.84 bits per heavy atom. The van der Waals surface area contributed by atoms with Gasteiger partial charge in [-0.15, -0.1) is 0 Å². The summed E-state index contributed by atoms with van der Waals surface area (Å²) in [5.74, 6) is -0.661. The summed E-state index contributed by atoms with van der Waals surface area (Å²) in [6, 6.07) is 3.11. The topological polar surface area (TPSA) is 68.0 Å². The van der Waals surface area contributed by atoms with Crippen LogP contribution < -0.4 is 11.1 Å². The van der Waals surface area contributed by atoms with Gasteiger partial charge in [0.05, 0.1) is 10.2 Å². The zero-order valence-electron chi connectivity index (χ0n) is 9.91. The molecule has 1 aliphatic rings. The number of aromatic nitrogens is 1. The summed E-state index contributed by atoms with van der Waals surface area (Å²) in [7, 11) is 0. The monoisotopic (exact) mass is 323 g/mol. The van der Waals surface area contributed by atoms with Crippen LogP contribution in [0, 0.1) is 5.82 Å². The van der Waals surface area contributed by atoms with Crippen LogP contribution in [-0.2, 0) is 0 Å². The molecule has 0 atom stereocenters. The molecular formula is C13H11BrFN3O. The van der Waals surface area contributed by atoms with E-state index in [-0.39, 0.29) is 29.1 Å². The van der Waals surface area contributed by atoms with Crippen molar-refractivity contribution in [2.24, 2.45) is 0 Å². The fourth-order valence-corrected chi connectivity index (χ4v) is 2.36. The minimum Gasteiger partial charge on any atom is -0.396 e. The average Bonchev–Trinajstić information content (AvgIpc) is 3.18. The van der Waals surface area contributed by atoms with E-state index in [4.69, 9.17) is 5.73 Å². The van der Waals surface area contributed by atoms with Gasteiger partial charge in [0.2, 0.25) is 0 Å². The third-order valence-electron chi connectivity index (χ3n) is 3.13. The standard InChI is InChI=1S/C13H11BrFN3O/c14-10-8-5-17-12(13(19)18-6-1-2-6)11(16)7(8)3-4-9(10)15/h3-6H,1-2,16H2,(H,18,19). The van der Waals surface area contributed by atoms with E-state index >= 15 is 0 Å². The normalized spacial score (nSPS) is 14.6. The smallest absolute Gasteiger partial charge is 0.272 e. The number of carbonyl (C=O) groups is 1. The van der Waals surface area contributed by atoms with Crippen LogP contribution >= 0.6 is 15.9 Å². The van der Waals surface area contributed by atoms with Crippen molar-refractivity contribution in [2.45, 2.75) is 18.9 Å². The highest BCUT2D eigenvalue weighted by atomic mass is 79.9. The van der Waals surface area contributed by atoms with Gasteiger partial charge in [-0.05, 0) is 40.9 Å². The Bertz CT molecular complexity index is 685. The molecule has 3 rings (SSSR count). The Labute approximate surface area is 117 Å². The van der Waals surface area contributed by atoms with Crippen LogP contribution in [-0.4, -0.2) is 16.9 Å². The van der Waals surface area contributed by atoms with Crippen molar-refractivity contribution in [3.8, 4) is 0 Å². The molecule has 6 heteroatoms. The Balaban J connectivity index is 2.10. The van der Waals surface area contributed by atoms with Crippen LogP contribution in [0.5, 0.6) is 0 Å². The maximum Gasteiger partial charge on any atom is 0.272 e. The van der Waals surface area contributed by atoms with Crippen molar-refractivity contribution in [1.29, 1.82) is 0 Å². The van der Waals surface area contributed by atoms with Gasteiger partial charge in [0.1, 0.15) is 5.82 Å². The van der Waals surface area contributed by atoms with Crippen molar-refractivity contribution < 1.29 is 9.18 Å². The molecule has 4 nitrogen and oxygen atoms in total. The molecular weight excluding hydrogens is 313 g/mol. The Morgan fingerprint density at radius 2 is 2.16 bits per heavy atom. The minimum absolute atomic E-state index is 0.193. The number of nitrogen functional groups attached to an aromatic ring is 1. The molecule has 98 valence electrons. The van der Waals surface area contributed by atoms with Gasteiger partial charge in [0.15, 0.2) is 5.69 Å². The van der Waals surface area contributed by atoms with E-state index in [1.165, 1.54) is 12.3 Å². The highest BCUT2D eigenvalue weighted by Crippen LogP contribution is 2.31. The summed E-state index contributed by atoms with van der Waals surface area (Å²) in [6.45, 7) is 0. The number of anilines is 1. The van der Waals surface area contributed by atoms with Crippen LogP contribution in [0.2, 0.25) is 0 Å². The molecule has 1 aromatic carbocycles. The first-order valence-electron chi connectivity index (χ1n) is 5.91. The van der Waals surface area contributed by atoms with Gasteiger partial charge in [-0.3, -0.25) is 4.79 Å². The fraction of sp³-hybridized carbons (Fsp3) is 0.231. The molecule has 1 fully saturated rings. The van der Waals surface area contributed by atoms with E-state index in [1.807, 2.05) is 0 Å². The molecule has 0 spiro atoms. The lowest BCUT2D eigenvalue weighted by atomic mass is 10.1. The molecule has 1 amide bonds. The number of carbonyl (C=O) groups excluding carboxylic acids is 1. The summed E-state index contributed by atoms with van der Waals surface area (Å²) >= 11 is 3.16. The number of benzene rings is 1. The highest BCUT2D eigenvalue weighted by Gasteiger charge is 2.25. The third-order valence-corrected chi connectivity index (χ3v) is 3.93. The fourth-order valence-electron chi connectivity index (χ4n) is 1.92. The van der Waals surface area contributed by atoms with Gasteiger partial charge in [-0.25, -0.2) is 9.37 Å². The molecule has 2 aromatic rings. The molecule has 0 saturated heterocycles. The molecule has 1 saturated carbocycles. The first-order chi connectivity index (χ1) is 9.08. The lowest BCUT2D eigenvalue weighted by Gasteiger charge is -2.09. The highest BCUT2D eigenvalue weighted by molar-refractivity contribution is 9.10. The number of pyridine rings is 1. The van der Waals surface area contributed by atoms with Gasteiger partial charge in [0, 0.05) is 23.0 Å². The third kappa shape index (κ3) is 2.16.